The third-order valence-corrected chi connectivity index (χ3v) is 7.00. The number of fused-ring (bicyclic) bond motifs is 2. The fraction of sp³-hybridized carbons (Fsp3) is 0.462. The molecular formula is C26H30N4O3. The van der Waals surface area contributed by atoms with Crippen LogP contribution >= 0.6 is 0 Å². The van der Waals surface area contributed by atoms with Crippen LogP contribution in [0.2, 0.25) is 0 Å². The van der Waals surface area contributed by atoms with Crippen molar-refractivity contribution in [1.82, 2.24) is 5.06 Å². The van der Waals surface area contributed by atoms with Crippen molar-refractivity contribution in [2.24, 2.45) is 16.6 Å². The van der Waals surface area contributed by atoms with Gasteiger partial charge in [-0.05, 0) is 74.6 Å². The van der Waals surface area contributed by atoms with Gasteiger partial charge in [0.05, 0.1) is 22.8 Å². The third-order valence-electron chi connectivity index (χ3n) is 7.00. The molecule has 0 aliphatic carbocycles. The van der Waals surface area contributed by atoms with Crippen molar-refractivity contribution in [2.45, 2.75) is 57.5 Å². The minimum absolute atomic E-state index is 0.0572. The van der Waals surface area contributed by atoms with Crippen LogP contribution in [-0.2, 0) is 15.3 Å². The Morgan fingerprint density at radius 2 is 2.00 bits per heavy atom. The highest BCUT2D eigenvalue weighted by molar-refractivity contribution is 5.79. The van der Waals surface area contributed by atoms with Crippen molar-refractivity contribution in [3.8, 4) is 22.9 Å². The molecule has 3 aliphatic heterocycles. The number of hydroxylamine groups is 2. The maximum Gasteiger partial charge on any atom is 0.221 e. The summed E-state index contributed by atoms with van der Waals surface area (Å²) in [5, 5.41) is 10.9. The highest BCUT2D eigenvalue weighted by atomic mass is 16.7. The Morgan fingerprint density at radius 3 is 2.70 bits per heavy atom. The van der Waals surface area contributed by atoms with Crippen LogP contribution in [0.5, 0.6) is 5.75 Å². The Bertz CT molecular complexity index is 1170. The summed E-state index contributed by atoms with van der Waals surface area (Å²) < 4.78 is 12.5. The van der Waals surface area contributed by atoms with Crippen LogP contribution in [0.15, 0.2) is 41.4 Å². The molecule has 0 aromatic heterocycles. The van der Waals surface area contributed by atoms with Gasteiger partial charge in [-0.3, -0.25) is 0 Å². The first kappa shape index (κ1) is 21.7. The van der Waals surface area contributed by atoms with Crippen LogP contribution in [0, 0.1) is 24.2 Å². The van der Waals surface area contributed by atoms with Crippen LogP contribution in [0.4, 0.5) is 0 Å². The van der Waals surface area contributed by atoms with Gasteiger partial charge in [0.1, 0.15) is 11.9 Å². The standard InChI is InChI=1S/C26H30N4O3/c1-16-5-6-17(15-27)11-20(16)18-7-8-22-21(12-18)26(29-24(28)30(4)33-26)14-23(32-22)19-9-10-31-25(2,3)13-19/h5-8,11-12,19,23H,9-10,13-14H2,1-4H3,(H2,28,29). The second-order valence-electron chi connectivity index (χ2n) is 9.92. The van der Waals surface area contributed by atoms with E-state index in [9.17, 15) is 5.26 Å². The minimum Gasteiger partial charge on any atom is -0.489 e. The van der Waals surface area contributed by atoms with Crippen molar-refractivity contribution >= 4 is 5.96 Å². The highest BCUT2D eigenvalue weighted by Gasteiger charge is 2.51. The van der Waals surface area contributed by atoms with E-state index in [2.05, 4.69) is 26.0 Å². The Hall–Kier alpha value is -3.08. The zero-order valence-electron chi connectivity index (χ0n) is 19.6. The van der Waals surface area contributed by atoms with Gasteiger partial charge in [-0.15, -0.1) is 0 Å². The lowest BCUT2D eigenvalue weighted by Crippen LogP contribution is -2.46. The molecule has 7 nitrogen and oxygen atoms in total. The Labute approximate surface area is 194 Å². The summed E-state index contributed by atoms with van der Waals surface area (Å²) >= 11 is 0. The largest absolute Gasteiger partial charge is 0.489 e. The predicted octanol–water partition coefficient (Wildman–Crippen LogP) is 4.23. The Balaban J connectivity index is 1.58. The first-order valence-corrected chi connectivity index (χ1v) is 11.4. The van der Waals surface area contributed by atoms with Crippen molar-refractivity contribution in [1.29, 1.82) is 5.26 Å². The summed E-state index contributed by atoms with van der Waals surface area (Å²) in [6.45, 7) is 7.02. The number of nitriles is 1. The summed E-state index contributed by atoms with van der Waals surface area (Å²) in [6.07, 6.45) is 2.37. The molecule has 172 valence electrons. The summed E-state index contributed by atoms with van der Waals surface area (Å²) in [5.74, 6) is 1.45. The molecule has 0 saturated carbocycles. The number of aliphatic imine (C=N–C) groups is 1. The molecule has 3 atom stereocenters. The van der Waals surface area contributed by atoms with E-state index in [-0.39, 0.29) is 11.7 Å². The molecule has 3 unspecified atom stereocenters. The lowest BCUT2D eigenvalue weighted by molar-refractivity contribution is -0.198. The molecule has 0 bridgehead atoms. The second kappa shape index (κ2) is 7.75. The molecule has 1 spiro atoms. The molecule has 33 heavy (non-hydrogen) atoms. The van der Waals surface area contributed by atoms with Crippen LogP contribution in [0.3, 0.4) is 0 Å². The molecule has 2 N–H and O–H groups in total. The SMILES string of the molecule is Cc1ccc(C#N)cc1-c1ccc2c(c1)C1(CC(C3CCOC(C)(C)C3)O2)N=C(N)N(C)O1. The maximum absolute atomic E-state index is 9.37. The number of guanidine groups is 1. The molecular weight excluding hydrogens is 416 g/mol. The van der Waals surface area contributed by atoms with Crippen molar-refractivity contribution in [2.75, 3.05) is 13.7 Å². The minimum atomic E-state index is -0.934. The van der Waals surface area contributed by atoms with E-state index in [4.69, 9.17) is 25.0 Å². The summed E-state index contributed by atoms with van der Waals surface area (Å²) in [5.41, 5.74) is 9.63. The van der Waals surface area contributed by atoms with E-state index in [1.165, 1.54) is 5.06 Å². The monoisotopic (exact) mass is 446 g/mol. The van der Waals surface area contributed by atoms with Crippen LogP contribution in [0.1, 0.15) is 49.8 Å². The average molecular weight is 447 g/mol. The summed E-state index contributed by atoms with van der Waals surface area (Å²) in [6, 6.07) is 14.1. The van der Waals surface area contributed by atoms with Crippen molar-refractivity contribution < 1.29 is 14.3 Å². The number of hydrogen-bond acceptors (Lipinski definition) is 7. The van der Waals surface area contributed by atoms with E-state index in [0.717, 1.165) is 47.5 Å². The van der Waals surface area contributed by atoms with Gasteiger partial charge in [0.15, 0.2) is 0 Å². The predicted molar refractivity (Wildman–Crippen MR) is 125 cm³/mol. The van der Waals surface area contributed by atoms with Crippen molar-refractivity contribution in [3.05, 3.63) is 53.1 Å². The van der Waals surface area contributed by atoms with Gasteiger partial charge in [0, 0.05) is 26.0 Å². The molecule has 1 fully saturated rings. The lowest BCUT2D eigenvalue weighted by Gasteiger charge is -2.44. The normalized spacial score (nSPS) is 28.1. The van der Waals surface area contributed by atoms with E-state index in [1.54, 1.807) is 7.05 Å². The number of benzene rings is 2. The summed E-state index contributed by atoms with van der Waals surface area (Å²) in [7, 11) is 1.78. The fourth-order valence-corrected chi connectivity index (χ4v) is 5.30. The molecule has 5 rings (SSSR count). The van der Waals surface area contributed by atoms with E-state index in [1.807, 2.05) is 37.3 Å². The number of aryl methyl sites for hydroxylation is 1. The lowest BCUT2D eigenvalue weighted by atomic mass is 9.79. The number of nitrogens with two attached hydrogens (primary N) is 1. The quantitative estimate of drug-likeness (QED) is 0.742. The maximum atomic E-state index is 9.37. The van der Waals surface area contributed by atoms with Gasteiger partial charge in [-0.2, -0.15) is 5.26 Å². The topological polar surface area (TPSA) is 93.1 Å². The van der Waals surface area contributed by atoms with E-state index in [0.29, 0.717) is 23.9 Å². The smallest absolute Gasteiger partial charge is 0.221 e. The average Bonchev–Trinajstić information content (AvgIpc) is 3.06. The van der Waals surface area contributed by atoms with Gasteiger partial charge < -0.3 is 15.2 Å². The number of rotatable bonds is 2. The highest BCUT2D eigenvalue weighted by Crippen LogP contribution is 2.50. The van der Waals surface area contributed by atoms with Crippen LogP contribution < -0.4 is 10.5 Å². The summed E-state index contributed by atoms with van der Waals surface area (Å²) in [4.78, 5) is 11.1. The van der Waals surface area contributed by atoms with Crippen LogP contribution in [0.25, 0.3) is 11.1 Å². The van der Waals surface area contributed by atoms with Crippen LogP contribution in [-0.4, -0.2) is 36.4 Å². The first-order chi connectivity index (χ1) is 15.7. The molecule has 0 radical (unpaired) electrons. The van der Waals surface area contributed by atoms with E-state index >= 15 is 0 Å². The third kappa shape index (κ3) is 3.84. The zero-order valence-corrected chi connectivity index (χ0v) is 19.6. The Morgan fingerprint density at radius 1 is 1.18 bits per heavy atom. The molecule has 7 heteroatoms. The number of ether oxygens (including phenoxy) is 2. The molecule has 3 heterocycles. The van der Waals surface area contributed by atoms with E-state index < -0.39 is 5.72 Å². The molecule has 2 aromatic rings. The zero-order chi connectivity index (χ0) is 23.4. The van der Waals surface area contributed by atoms with Gasteiger partial charge in [0.25, 0.3) is 0 Å². The van der Waals surface area contributed by atoms with Crippen molar-refractivity contribution in [3.63, 3.8) is 0 Å². The Kier molecular flexibility index (Phi) is 5.11. The fourth-order valence-electron chi connectivity index (χ4n) is 5.30. The second-order valence-corrected chi connectivity index (χ2v) is 9.92. The van der Waals surface area contributed by atoms with Gasteiger partial charge in [0.2, 0.25) is 11.7 Å². The molecule has 3 aliphatic rings. The number of nitrogens with zero attached hydrogens (tertiary/aromatic N) is 3. The number of hydrogen-bond donors (Lipinski definition) is 1. The molecule has 0 amide bonds. The van der Waals surface area contributed by atoms with Gasteiger partial charge in [-0.25, -0.2) is 14.9 Å². The molecule has 2 aromatic carbocycles. The van der Waals surface area contributed by atoms with Gasteiger partial charge in [-0.1, -0.05) is 12.1 Å². The molecule has 1 saturated heterocycles. The first-order valence-electron chi connectivity index (χ1n) is 11.4. The van der Waals surface area contributed by atoms with Gasteiger partial charge >= 0.3 is 0 Å².